The van der Waals surface area contributed by atoms with E-state index in [4.69, 9.17) is 5.73 Å². The number of amides is 1. The van der Waals surface area contributed by atoms with Gasteiger partial charge in [0.15, 0.2) is 0 Å². The quantitative estimate of drug-likeness (QED) is 0.623. The van der Waals surface area contributed by atoms with Crippen molar-refractivity contribution >= 4 is 11.6 Å². The Labute approximate surface area is 94.4 Å². The lowest BCUT2D eigenvalue weighted by atomic mass is 10.2. The lowest BCUT2D eigenvalue weighted by Gasteiger charge is -2.08. The molecule has 1 atom stereocenters. The monoisotopic (exact) mass is 226 g/mol. The van der Waals surface area contributed by atoms with Crippen molar-refractivity contribution in [3.05, 3.63) is 12.4 Å². The van der Waals surface area contributed by atoms with Gasteiger partial charge in [-0.15, -0.1) is 0 Å². The van der Waals surface area contributed by atoms with E-state index in [0.29, 0.717) is 25.1 Å². The molecule has 0 radical (unpaired) electrons. The van der Waals surface area contributed by atoms with E-state index >= 15 is 0 Å². The Bertz CT molecular complexity index is 337. The summed E-state index contributed by atoms with van der Waals surface area (Å²) in [5.74, 6) is -0.133. The first-order valence-electron chi connectivity index (χ1n) is 5.34. The van der Waals surface area contributed by atoms with Gasteiger partial charge in [-0.05, 0) is 12.8 Å². The van der Waals surface area contributed by atoms with Crippen LogP contribution in [0.2, 0.25) is 0 Å². The van der Waals surface area contributed by atoms with E-state index in [2.05, 4.69) is 10.4 Å². The summed E-state index contributed by atoms with van der Waals surface area (Å²) < 4.78 is 1.47. The topological polar surface area (TPSA) is 93.2 Å². The van der Waals surface area contributed by atoms with Crippen molar-refractivity contribution in [1.82, 2.24) is 15.1 Å². The Balaban J connectivity index is 2.21. The summed E-state index contributed by atoms with van der Waals surface area (Å²) >= 11 is 0. The number of hydrogen-bond donors (Lipinski definition) is 3. The minimum absolute atomic E-state index is 0.133. The van der Waals surface area contributed by atoms with Gasteiger partial charge in [-0.1, -0.05) is 6.92 Å². The van der Waals surface area contributed by atoms with Gasteiger partial charge in [0.05, 0.1) is 18.0 Å². The van der Waals surface area contributed by atoms with E-state index in [1.807, 2.05) is 6.92 Å². The van der Waals surface area contributed by atoms with Crippen LogP contribution >= 0.6 is 0 Å². The highest BCUT2D eigenvalue weighted by atomic mass is 16.3. The second-order valence-electron chi connectivity index (χ2n) is 3.67. The van der Waals surface area contributed by atoms with Gasteiger partial charge in [-0.2, -0.15) is 5.10 Å². The fourth-order valence-electron chi connectivity index (χ4n) is 1.25. The molecule has 0 saturated carbocycles. The minimum Gasteiger partial charge on any atom is -0.396 e. The molecule has 0 fully saturated rings. The molecule has 16 heavy (non-hydrogen) atoms. The normalized spacial score (nSPS) is 12.4. The van der Waals surface area contributed by atoms with Crippen LogP contribution in [-0.4, -0.2) is 33.4 Å². The van der Waals surface area contributed by atoms with E-state index in [-0.39, 0.29) is 18.6 Å². The lowest BCUT2D eigenvalue weighted by molar-refractivity contribution is -0.121. The average Bonchev–Trinajstić information content (AvgIpc) is 2.63. The molecule has 4 N–H and O–H groups in total. The molecule has 1 aromatic heterocycles. The first-order chi connectivity index (χ1) is 7.61. The maximum absolute atomic E-state index is 11.4. The number of nitrogens with zero attached hydrogens (tertiary/aromatic N) is 2. The number of aromatic nitrogens is 2. The number of nitrogen functional groups attached to an aromatic ring is 1. The Morgan fingerprint density at radius 3 is 3.06 bits per heavy atom. The Hall–Kier alpha value is -1.56. The van der Waals surface area contributed by atoms with Crippen molar-refractivity contribution < 1.29 is 9.90 Å². The molecule has 1 rings (SSSR count). The molecule has 1 aromatic rings. The number of aliphatic hydroxyl groups excluding tert-OH is 1. The van der Waals surface area contributed by atoms with E-state index in [0.717, 1.165) is 0 Å². The molecule has 0 spiro atoms. The summed E-state index contributed by atoms with van der Waals surface area (Å²) in [6.07, 6.45) is 4.02. The van der Waals surface area contributed by atoms with Crippen LogP contribution in [0.1, 0.15) is 19.8 Å². The summed E-state index contributed by atoms with van der Waals surface area (Å²) in [6.45, 7) is 2.53. The largest absolute Gasteiger partial charge is 0.396 e. The Morgan fingerprint density at radius 1 is 1.75 bits per heavy atom. The van der Waals surface area contributed by atoms with Crippen LogP contribution < -0.4 is 11.1 Å². The van der Waals surface area contributed by atoms with Crippen LogP contribution in [0.25, 0.3) is 0 Å². The van der Waals surface area contributed by atoms with Crippen molar-refractivity contribution in [2.45, 2.75) is 32.4 Å². The van der Waals surface area contributed by atoms with E-state index in [9.17, 15) is 9.90 Å². The number of carbonyl (C=O) groups is 1. The van der Waals surface area contributed by atoms with E-state index in [1.165, 1.54) is 10.9 Å². The number of nitrogens with two attached hydrogens (primary N) is 1. The Morgan fingerprint density at radius 2 is 2.50 bits per heavy atom. The lowest BCUT2D eigenvalue weighted by Crippen LogP contribution is -2.30. The zero-order valence-electron chi connectivity index (χ0n) is 9.39. The average molecular weight is 226 g/mol. The second-order valence-corrected chi connectivity index (χ2v) is 3.67. The molecule has 0 aliphatic rings. The number of anilines is 1. The molecule has 0 aliphatic carbocycles. The van der Waals surface area contributed by atoms with Crippen molar-refractivity contribution in [2.24, 2.45) is 0 Å². The van der Waals surface area contributed by atoms with Gasteiger partial charge in [-0.3, -0.25) is 9.48 Å². The number of aliphatic hydroxyl groups is 1. The van der Waals surface area contributed by atoms with Crippen LogP contribution in [0, 0.1) is 0 Å². The fourth-order valence-corrected chi connectivity index (χ4v) is 1.25. The highest BCUT2D eigenvalue weighted by Crippen LogP contribution is 1.97. The van der Waals surface area contributed by atoms with Gasteiger partial charge in [-0.25, -0.2) is 0 Å². The highest BCUT2D eigenvalue weighted by molar-refractivity contribution is 5.75. The summed E-state index contributed by atoms with van der Waals surface area (Å²) in [7, 11) is 0. The zero-order valence-corrected chi connectivity index (χ0v) is 9.39. The number of nitrogens with one attached hydrogen (secondary N) is 1. The molecule has 90 valence electrons. The molecular weight excluding hydrogens is 208 g/mol. The van der Waals surface area contributed by atoms with Crippen molar-refractivity contribution in [3.63, 3.8) is 0 Å². The second kappa shape index (κ2) is 6.12. The maximum Gasteiger partial charge on any atom is 0.241 e. The van der Waals surface area contributed by atoms with Gasteiger partial charge in [0.25, 0.3) is 0 Å². The summed E-state index contributed by atoms with van der Waals surface area (Å²) in [5.41, 5.74) is 6.00. The van der Waals surface area contributed by atoms with Gasteiger partial charge >= 0.3 is 0 Å². The van der Waals surface area contributed by atoms with Crippen LogP contribution in [0.15, 0.2) is 12.4 Å². The standard InChI is InChI=1S/C10H18N4O2/c1-2-9(15)3-4-12-10(16)7-14-6-8(11)5-13-14/h5-6,9,15H,2-4,7,11H2,1H3,(H,12,16). The third kappa shape index (κ3) is 4.31. The van der Waals surface area contributed by atoms with Gasteiger partial charge in [0.1, 0.15) is 6.54 Å². The summed E-state index contributed by atoms with van der Waals surface area (Å²) in [4.78, 5) is 11.4. The first-order valence-corrected chi connectivity index (χ1v) is 5.34. The third-order valence-corrected chi connectivity index (χ3v) is 2.23. The number of hydrogen-bond acceptors (Lipinski definition) is 4. The number of carbonyl (C=O) groups excluding carboxylic acids is 1. The number of rotatable bonds is 6. The van der Waals surface area contributed by atoms with Crippen LogP contribution in [0.4, 0.5) is 5.69 Å². The SMILES string of the molecule is CCC(O)CCNC(=O)Cn1cc(N)cn1. The zero-order chi connectivity index (χ0) is 12.0. The molecule has 1 unspecified atom stereocenters. The summed E-state index contributed by atoms with van der Waals surface area (Å²) in [5, 5.41) is 15.9. The van der Waals surface area contributed by atoms with Gasteiger partial charge in [0.2, 0.25) is 5.91 Å². The Kier molecular flexibility index (Phi) is 4.78. The van der Waals surface area contributed by atoms with E-state index in [1.54, 1.807) is 6.20 Å². The molecule has 1 heterocycles. The molecule has 6 nitrogen and oxygen atoms in total. The fraction of sp³-hybridized carbons (Fsp3) is 0.600. The molecular formula is C10H18N4O2. The highest BCUT2D eigenvalue weighted by Gasteiger charge is 2.05. The summed E-state index contributed by atoms with van der Waals surface area (Å²) in [6, 6.07) is 0. The van der Waals surface area contributed by atoms with Crippen LogP contribution in [0.5, 0.6) is 0 Å². The van der Waals surface area contributed by atoms with Gasteiger partial charge < -0.3 is 16.2 Å². The molecule has 1 amide bonds. The minimum atomic E-state index is -0.347. The maximum atomic E-state index is 11.4. The van der Waals surface area contributed by atoms with E-state index < -0.39 is 0 Å². The van der Waals surface area contributed by atoms with Crippen molar-refractivity contribution in [1.29, 1.82) is 0 Å². The smallest absolute Gasteiger partial charge is 0.241 e. The third-order valence-electron chi connectivity index (χ3n) is 2.23. The molecule has 6 heteroatoms. The van der Waals surface area contributed by atoms with Crippen molar-refractivity contribution in [2.75, 3.05) is 12.3 Å². The van der Waals surface area contributed by atoms with Crippen LogP contribution in [0.3, 0.4) is 0 Å². The molecule has 0 saturated heterocycles. The predicted molar refractivity (Wildman–Crippen MR) is 60.6 cm³/mol. The molecule has 0 aliphatic heterocycles. The van der Waals surface area contributed by atoms with Gasteiger partial charge in [0, 0.05) is 12.7 Å². The molecule has 0 aromatic carbocycles. The van der Waals surface area contributed by atoms with Crippen LogP contribution in [-0.2, 0) is 11.3 Å². The first kappa shape index (κ1) is 12.5. The van der Waals surface area contributed by atoms with Crippen molar-refractivity contribution in [3.8, 4) is 0 Å². The molecule has 0 bridgehead atoms. The predicted octanol–water partition coefficient (Wildman–Crippen LogP) is -0.257.